The highest BCUT2D eigenvalue weighted by molar-refractivity contribution is 7.18. The summed E-state index contributed by atoms with van der Waals surface area (Å²) < 4.78 is 6.58. The minimum absolute atomic E-state index is 0.0671. The fourth-order valence-electron chi connectivity index (χ4n) is 3.37. The number of carbonyl (C=O) groups is 2. The number of hydrogen-bond donors (Lipinski definition) is 1. The second-order valence-electron chi connectivity index (χ2n) is 6.08. The topological polar surface area (TPSA) is 98.5 Å². The standard InChI is InChI=1S/C17H20N2O5S/c1-3-24-17(23)10-5-4-6-11-13(10)14-15(25-11)18-9(2)19(16(14)22)8-7-12(20)21/h10H,3-8H2,1-2H3,(H,20,21). The zero-order chi connectivity index (χ0) is 18.1. The maximum absolute atomic E-state index is 13.0. The molecule has 3 rings (SSSR count). The monoisotopic (exact) mass is 364 g/mol. The van der Waals surface area contributed by atoms with Gasteiger partial charge >= 0.3 is 11.9 Å². The Kier molecular flexibility index (Phi) is 4.89. The number of carbonyl (C=O) groups excluding carboxylic acids is 1. The summed E-state index contributed by atoms with van der Waals surface area (Å²) in [5.74, 6) is -1.23. The van der Waals surface area contributed by atoms with Crippen molar-refractivity contribution >= 4 is 33.5 Å². The molecule has 0 bridgehead atoms. The largest absolute Gasteiger partial charge is 0.481 e. The number of fused-ring (bicyclic) bond motifs is 3. The molecule has 1 unspecified atom stereocenters. The van der Waals surface area contributed by atoms with Crippen molar-refractivity contribution in [3.63, 3.8) is 0 Å². The molecule has 2 heterocycles. The number of nitrogens with zero attached hydrogens (tertiary/aromatic N) is 2. The van der Waals surface area contributed by atoms with E-state index < -0.39 is 11.9 Å². The molecule has 2 aromatic heterocycles. The highest BCUT2D eigenvalue weighted by atomic mass is 32.1. The molecular weight excluding hydrogens is 344 g/mol. The van der Waals surface area contributed by atoms with Crippen LogP contribution in [0.15, 0.2) is 4.79 Å². The van der Waals surface area contributed by atoms with E-state index in [1.165, 1.54) is 15.9 Å². The Hall–Kier alpha value is -2.22. The molecule has 2 aromatic rings. The first kappa shape index (κ1) is 17.6. The highest BCUT2D eigenvalue weighted by Crippen LogP contribution is 2.41. The summed E-state index contributed by atoms with van der Waals surface area (Å²) in [5, 5.41) is 9.35. The smallest absolute Gasteiger partial charge is 0.313 e. The molecule has 0 aliphatic heterocycles. The summed E-state index contributed by atoms with van der Waals surface area (Å²) in [6.07, 6.45) is 2.19. The highest BCUT2D eigenvalue weighted by Gasteiger charge is 2.33. The molecule has 0 saturated heterocycles. The number of carboxylic acid groups (broad SMARTS) is 1. The van der Waals surface area contributed by atoms with Gasteiger partial charge in [-0.1, -0.05) is 0 Å². The number of carboxylic acids is 1. The molecular formula is C17H20N2O5S. The Morgan fingerprint density at radius 1 is 1.44 bits per heavy atom. The van der Waals surface area contributed by atoms with Crippen LogP contribution >= 0.6 is 11.3 Å². The number of hydrogen-bond acceptors (Lipinski definition) is 6. The Balaban J connectivity index is 2.17. The van der Waals surface area contributed by atoms with E-state index in [4.69, 9.17) is 9.84 Å². The van der Waals surface area contributed by atoms with Gasteiger partial charge in [0.15, 0.2) is 0 Å². The number of esters is 1. The molecule has 8 heteroatoms. The van der Waals surface area contributed by atoms with Crippen molar-refractivity contribution in [2.45, 2.75) is 52.0 Å². The summed E-state index contributed by atoms with van der Waals surface area (Å²) in [7, 11) is 0. The minimum Gasteiger partial charge on any atom is -0.481 e. The van der Waals surface area contributed by atoms with Gasteiger partial charge in [0.2, 0.25) is 0 Å². The van der Waals surface area contributed by atoms with E-state index in [0.717, 1.165) is 23.3 Å². The van der Waals surface area contributed by atoms with Gasteiger partial charge in [0.1, 0.15) is 10.7 Å². The summed E-state index contributed by atoms with van der Waals surface area (Å²) in [6.45, 7) is 3.83. The van der Waals surface area contributed by atoms with Crippen molar-refractivity contribution in [3.05, 3.63) is 26.6 Å². The summed E-state index contributed by atoms with van der Waals surface area (Å²) >= 11 is 1.45. The van der Waals surface area contributed by atoms with E-state index >= 15 is 0 Å². The molecule has 134 valence electrons. The fraction of sp³-hybridized carbons (Fsp3) is 0.529. The zero-order valence-corrected chi connectivity index (χ0v) is 15.0. The molecule has 0 saturated carbocycles. The molecule has 25 heavy (non-hydrogen) atoms. The molecule has 0 aromatic carbocycles. The van der Waals surface area contributed by atoms with Crippen LogP contribution in [0.25, 0.3) is 10.2 Å². The number of aliphatic carboxylic acids is 1. The summed E-state index contributed by atoms with van der Waals surface area (Å²) in [5.41, 5.74) is 0.476. The first-order valence-corrected chi connectivity index (χ1v) is 9.16. The maximum Gasteiger partial charge on any atom is 0.313 e. The van der Waals surface area contributed by atoms with Crippen molar-refractivity contribution in [2.24, 2.45) is 0 Å². The predicted octanol–water partition coefficient (Wildman–Crippen LogP) is 2.22. The van der Waals surface area contributed by atoms with E-state index in [9.17, 15) is 14.4 Å². The number of aromatic nitrogens is 2. The van der Waals surface area contributed by atoms with Crippen molar-refractivity contribution in [1.82, 2.24) is 9.55 Å². The molecule has 7 nitrogen and oxygen atoms in total. The SMILES string of the molecule is CCOC(=O)C1CCCc2sc3nc(C)n(CCC(=O)O)c(=O)c3c21. The van der Waals surface area contributed by atoms with Crippen LogP contribution in [-0.4, -0.2) is 33.2 Å². The van der Waals surface area contributed by atoms with Gasteiger partial charge in [-0.15, -0.1) is 11.3 Å². The van der Waals surface area contributed by atoms with Crippen molar-refractivity contribution < 1.29 is 19.4 Å². The molecule has 1 aliphatic carbocycles. The van der Waals surface area contributed by atoms with E-state index in [0.29, 0.717) is 29.1 Å². The third-order valence-electron chi connectivity index (χ3n) is 4.48. The molecule has 1 atom stereocenters. The van der Waals surface area contributed by atoms with Crippen LogP contribution in [0.5, 0.6) is 0 Å². The number of thiophene rings is 1. The van der Waals surface area contributed by atoms with Crippen LogP contribution in [0.1, 0.15) is 48.4 Å². The number of aryl methyl sites for hydroxylation is 2. The number of rotatable bonds is 5. The molecule has 0 fully saturated rings. The molecule has 0 radical (unpaired) electrons. The fourth-order valence-corrected chi connectivity index (χ4v) is 4.68. The lowest BCUT2D eigenvalue weighted by Crippen LogP contribution is -2.27. The van der Waals surface area contributed by atoms with E-state index in [1.54, 1.807) is 13.8 Å². The van der Waals surface area contributed by atoms with Gasteiger partial charge < -0.3 is 9.84 Å². The van der Waals surface area contributed by atoms with Crippen LogP contribution in [-0.2, 0) is 27.3 Å². The third-order valence-corrected chi connectivity index (χ3v) is 5.64. The average Bonchev–Trinajstić information content (AvgIpc) is 2.92. The van der Waals surface area contributed by atoms with Gasteiger partial charge in [-0.3, -0.25) is 19.0 Å². The Morgan fingerprint density at radius 3 is 2.88 bits per heavy atom. The van der Waals surface area contributed by atoms with Gasteiger partial charge in [0, 0.05) is 11.4 Å². The Labute approximate surface area is 148 Å². The lowest BCUT2D eigenvalue weighted by atomic mass is 9.86. The van der Waals surface area contributed by atoms with Gasteiger partial charge in [-0.05, 0) is 38.7 Å². The minimum atomic E-state index is -0.969. The first-order valence-electron chi connectivity index (χ1n) is 8.35. The van der Waals surface area contributed by atoms with Gasteiger partial charge in [0.05, 0.1) is 24.3 Å². The summed E-state index contributed by atoms with van der Waals surface area (Å²) in [4.78, 5) is 42.4. The van der Waals surface area contributed by atoms with Gasteiger partial charge in [-0.2, -0.15) is 0 Å². The summed E-state index contributed by atoms with van der Waals surface area (Å²) in [6, 6.07) is 0. The Morgan fingerprint density at radius 2 is 2.20 bits per heavy atom. The van der Waals surface area contributed by atoms with Crippen molar-refractivity contribution in [2.75, 3.05) is 6.61 Å². The zero-order valence-electron chi connectivity index (χ0n) is 14.2. The second kappa shape index (κ2) is 6.95. The van der Waals surface area contributed by atoms with E-state index in [1.807, 2.05) is 0 Å². The van der Waals surface area contributed by atoms with Crippen molar-refractivity contribution in [3.8, 4) is 0 Å². The van der Waals surface area contributed by atoms with E-state index in [-0.39, 0.29) is 24.5 Å². The third kappa shape index (κ3) is 3.18. The number of ether oxygens (including phenoxy) is 1. The Bertz CT molecular complexity index is 899. The van der Waals surface area contributed by atoms with Crippen LogP contribution in [0.2, 0.25) is 0 Å². The normalized spacial score (nSPS) is 16.6. The molecule has 0 spiro atoms. The van der Waals surface area contributed by atoms with Crippen LogP contribution in [0.3, 0.4) is 0 Å². The quantitative estimate of drug-likeness (QED) is 0.817. The van der Waals surface area contributed by atoms with Gasteiger partial charge in [0.25, 0.3) is 5.56 Å². The lowest BCUT2D eigenvalue weighted by Gasteiger charge is -2.21. The van der Waals surface area contributed by atoms with Crippen LogP contribution < -0.4 is 5.56 Å². The first-order chi connectivity index (χ1) is 11.9. The average molecular weight is 364 g/mol. The molecule has 1 N–H and O–H groups in total. The van der Waals surface area contributed by atoms with Crippen LogP contribution in [0, 0.1) is 6.92 Å². The lowest BCUT2D eigenvalue weighted by molar-refractivity contribution is -0.145. The van der Waals surface area contributed by atoms with E-state index in [2.05, 4.69) is 4.98 Å². The maximum atomic E-state index is 13.0. The second-order valence-corrected chi connectivity index (χ2v) is 7.16. The van der Waals surface area contributed by atoms with Gasteiger partial charge in [-0.25, -0.2) is 4.98 Å². The molecule has 1 aliphatic rings. The predicted molar refractivity (Wildman–Crippen MR) is 93.2 cm³/mol. The molecule has 0 amide bonds. The van der Waals surface area contributed by atoms with Crippen LogP contribution in [0.4, 0.5) is 0 Å². The van der Waals surface area contributed by atoms with Crippen molar-refractivity contribution in [1.29, 1.82) is 0 Å².